The third-order valence-corrected chi connectivity index (χ3v) is 5.85. The van der Waals surface area contributed by atoms with Crippen LogP contribution in [0.2, 0.25) is 0 Å². The van der Waals surface area contributed by atoms with E-state index in [-0.39, 0.29) is 5.56 Å². The highest BCUT2D eigenvalue weighted by Gasteiger charge is 2.24. The summed E-state index contributed by atoms with van der Waals surface area (Å²) < 4.78 is 11.9. The summed E-state index contributed by atoms with van der Waals surface area (Å²) in [5.74, 6) is 0.742. The first-order valence-electron chi connectivity index (χ1n) is 9.38. The Morgan fingerprint density at radius 2 is 2.10 bits per heavy atom. The van der Waals surface area contributed by atoms with Gasteiger partial charge in [-0.3, -0.25) is 14.2 Å². The molecule has 8 heteroatoms. The fraction of sp³-hybridized carbons (Fsp3) is 0.381. The number of hydrogen-bond acceptors (Lipinski definition) is 6. The molecule has 0 radical (unpaired) electrons. The molecule has 1 atom stereocenters. The topological polar surface area (TPSA) is 96.4 Å². The van der Waals surface area contributed by atoms with Crippen molar-refractivity contribution in [1.82, 2.24) is 9.55 Å². The summed E-state index contributed by atoms with van der Waals surface area (Å²) in [4.78, 5) is 30.9. The second kappa shape index (κ2) is 8.75. The lowest BCUT2D eigenvalue weighted by molar-refractivity contribution is -0.121. The average molecular weight is 416 g/mol. The van der Waals surface area contributed by atoms with Crippen molar-refractivity contribution in [2.24, 2.45) is 5.73 Å². The van der Waals surface area contributed by atoms with Crippen LogP contribution in [-0.4, -0.2) is 36.3 Å². The lowest BCUT2D eigenvalue weighted by atomic mass is 10.0. The number of thiophene rings is 1. The van der Waals surface area contributed by atoms with Gasteiger partial charge in [-0.2, -0.15) is 0 Å². The summed E-state index contributed by atoms with van der Waals surface area (Å²) in [6.07, 6.45) is 0.823. The number of hydrogen-bond donors (Lipinski definition) is 1. The molecule has 0 fully saturated rings. The highest BCUT2D eigenvalue weighted by atomic mass is 32.1. The number of aryl methyl sites for hydroxylation is 1. The molecule has 1 amide bonds. The van der Waals surface area contributed by atoms with Crippen LogP contribution in [0.25, 0.3) is 21.3 Å². The van der Waals surface area contributed by atoms with Crippen LogP contribution in [-0.2, 0) is 16.0 Å². The molecule has 29 heavy (non-hydrogen) atoms. The Kier molecular flexibility index (Phi) is 6.34. The molecule has 0 spiro atoms. The van der Waals surface area contributed by atoms with E-state index in [0.717, 1.165) is 22.4 Å². The number of primary amides is 1. The molecule has 2 heterocycles. The summed E-state index contributed by atoms with van der Waals surface area (Å²) in [5.41, 5.74) is 8.01. The van der Waals surface area contributed by atoms with Crippen LogP contribution in [0.5, 0.6) is 5.75 Å². The van der Waals surface area contributed by atoms with Gasteiger partial charge in [-0.15, -0.1) is 11.3 Å². The van der Waals surface area contributed by atoms with Gasteiger partial charge in [0.15, 0.2) is 0 Å². The Hall–Kier alpha value is -2.71. The van der Waals surface area contributed by atoms with E-state index in [1.54, 1.807) is 14.2 Å². The van der Waals surface area contributed by atoms with Crippen LogP contribution in [0.4, 0.5) is 0 Å². The monoisotopic (exact) mass is 415 g/mol. The largest absolute Gasteiger partial charge is 0.496 e. The number of fused-ring (bicyclic) bond motifs is 1. The minimum atomic E-state index is -0.753. The van der Waals surface area contributed by atoms with Crippen LogP contribution >= 0.6 is 11.3 Å². The van der Waals surface area contributed by atoms with Gasteiger partial charge in [0, 0.05) is 24.5 Å². The van der Waals surface area contributed by atoms with E-state index in [1.807, 2.05) is 37.4 Å². The predicted octanol–water partition coefficient (Wildman–Crippen LogP) is 3.07. The van der Waals surface area contributed by atoms with Crippen molar-refractivity contribution < 1.29 is 14.3 Å². The normalized spacial score (nSPS) is 12.3. The highest BCUT2D eigenvalue weighted by Crippen LogP contribution is 2.34. The third-order valence-electron chi connectivity index (χ3n) is 4.98. The number of nitrogens with zero attached hydrogens (tertiary/aromatic N) is 2. The summed E-state index contributed by atoms with van der Waals surface area (Å²) >= 11 is 1.41. The van der Waals surface area contributed by atoms with Crippen molar-refractivity contribution in [3.8, 4) is 16.9 Å². The number of nitrogens with two attached hydrogens (primary N) is 1. The van der Waals surface area contributed by atoms with Crippen LogP contribution in [0.1, 0.15) is 30.8 Å². The van der Waals surface area contributed by atoms with Crippen LogP contribution in [0.15, 0.2) is 28.4 Å². The molecule has 0 bridgehead atoms. The molecule has 7 nitrogen and oxygen atoms in total. The van der Waals surface area contributed by atoms with Crippen molar-refractivity contribution in [3.63, 3.8) is 0 Å². The minimum absolute atomic E-state index is 0.253. The van der Waals surface area contributed by atoms with Gasteiger partial charge < -0.3 is 15.2 Å². The fourth-order valence-electron chi connectivity index (χ4n) is 3.51. The molecule has 1 aromatic carbocycles. The molecular weight excluding hydrogens is 390 g/mol. The first-order chi connectivity index (χ1) is 13.9. The Balaban J connectivity index is 2.27. The van der Waals surface area contributed by atoms with Gasteiger partial charge in [0.1, 0.15) is 22.4 Å². The summed E-state index contributed by atoms with van der Waals surface area (Å²) in [7, 11) is 3.21. The number of ether oxygens (including phenoxy) is 2. The molecular formula is C21H25N3O4S. The number of amides is 1. The zero-order chi connectivity index (χ0) is 21.1. The SMILES string of the molecule is CCC(C(N)=O)n1c(CCOC)nc2scc(-c3ccc(OC)c(C)c3)c2c1=O. The van der Waals surface area contributed by atoms with Crippen molar-refractivity contribution in [1.29, 1.82) is 0 Å². The van der Waals surface area contributed by atoms with E-state index in [2.05, 4.69) is 0 Å². The maximum atomic E-state index is 13.5. The summed E-state index contributed by atoms with van der Waals surface area (Å²) in [5, 5.41) is 2.43. The first-order valence-corrected chi connectivity index (χ1v) is 10.3. The van der Waals surface area contributed by atoms with Gasteiger partial charge in [-0.05, 0) is 36.6 Å². The Bertz CT molecular complexity index is 1100. The van der Waals surface area contributed by atoms with Crippen molar-refractivity contribution in [2.75, 3.05) is 20.8 Å². The van der Waals surface area contributed by atoms with Gasteiger partial charge in [-0.1, -0.05) is 13.0 Å². The number of methoxy groups -OCH3 is 2. The van der Waals surface area contributed by atoms with E-state index in [0.29, 0.717) is 35.5 Å². The average Bonchev–Trinajstić information content (AvgIpc) is 3.12. The van der Waals surface area contributed by atoms with E-state index >= 15 is 0 Å². The smallest absolute Gasteiger partial charge is 0.263 e. The number of carbonyl (C=O) groups excluding carboxylic acids is 1. The minimum Gasteiger partial charge on any atom is -0.496 e. The van der Waals surface area contributed by atoms with Crippen LogP contribution < -0.4 is 16.0 Å². The second-order valence-corrected chi connectivity index (χ2v) is 7.64. The lowest BCUT2D eigenvalue weighted by Gasteiger charge is -2.19. The molecule has 3 rings (SSSR count). The maximum absolute atomic E-state index is 13.5. The number of aromatic nitrogens is 2. The molecule has 2 N–H and O–H groups in total. The highest BCUT2D eigenvalue weighted by molar-refractivity contribution is 7.17. The van der Waals surface area contributed by atoms with Gasteiger partial charge in [-0.25, -0.2) is 4.98 Å². The van der Waals surface area contributed by atoms with Crippen LogP contribution in [0.3, 0.4) is 0 Å². The molecule has 0 aliphatic rings. The standard InChI is InChI=1S/C21H25N3O4S/c1-5-15(19(22)25)24-17(8-9-27-3)23-20-18(21(24)26)14(11-29-20)13-6-7-16(28-4)12(2)10-13/h6-7,10-11,15H,5,8-9H2,1-4H3,(H2,22,25). The van der Waals surface area contributed by atoms with E-state index in [4.69, 9.17) is 20.2 Å². The maximum Gasteiger partial charge on any atom is 0.263 e. The number of rotatable bonds is 8. The number of benzene rings is 1. The summed E-state index contributed by atoms with van der Waals surface area (Å²) in [6, 6.07) is 5.03. The number of carbonyl (C=O) groups is 1. The third kappa shape index (κ3) is 3.90. The summed E-state index contributed by atoms with van der Waals surface area (Å²) in [6.45, 7) is 4.17. The second-order valence-electron chi connectivity index (χ2n) is 6.79. The first kappa shape index (κ1) is 21.0. The quantitative estimate of drug-likeness (QED) is 0.610. The Labute approximate surface area is 173 Å². The molecule has 3 aromatic rings. The molecule has 0 aliphatic carbocycles. The van der Waals surface area contributed by atoms with Crippen molar-refractivity contribution in [3.05, 3.63) is 45.3 Å². The molecule has 0 saturated carbocycles. The predicted molar refractivity (Wildman–Crippen MR) is 115 cm³/mol. The van der Waals surface area contributed by atoms with E-state index in [9.17, 15) is 9.59 Å². The zero-order valence-electron chi connectivity index (χ0n) is 17.0. The van der Waals surface area contributed by atoms with Crippen molar-refractivity contribution in [2.45, 2.75) is 32.7 Å². The molecule has 0 saturated heterocycles. The molecule has 1 unspecified atom stereocenters. The Morgan fingerprint density at radius 3 is 2.69 bits per heavy atom. The fourth-order valence-corrected chi connectivity index (χ4v) is 4.46. The van der Waals surface area contributed by atoms with E-state index < -0.39 is 11.9 Å². The van der Waals surface area contributed by atoms with Gasteiger partial charge in [0.05, 0.1) is 19.1 Å². The zero-order valence-corrected chi connectivity index (χ0v) is 17.8. The van der Waals surface area contributed by atoms with Gasteiger partial charge in [0.2, 0.25) is 5.91 Å². The molecule has 2 aromatic heterocycles. The molecule has 154 valence electrons. The Morgan fingerprint density at radius 1 is 1.34 bits per heavy atom. The van der Waals surface area contributed by atoms with Crippen LogP contribution in [0, 0.1) is 6.92 Å². The molecule has 0 aliphatic heterocycles. The van der Waals surface area contributed by atoms with E-state index in [1.165, 1.54) is 15.9 Å². The van der Waals surface area contributed by atoms with Gasteiger partial charge >= 0.3 is 0 Å². The lowest BCUT2D eigenvalue weighted by Crippen LogP contribution is -2.36. The van der Waals surface area contributed by atoms with Gasteiger partial charge in [0.25, 0.3) is 5.56 Å². The van der Waals surface area contributed by atoms with Crippen molar-refractivity contribution >= 4 is 27.5 Å².